The summed E-state index contributed by atoms with van der Waals surface area (Å²) < 4.78 is 32.1. The summed E-state index contributed by atoms with van der Waals surface area (Å²) in [6.07, 6.45) is 0. The Labute approximate surface area is 102 Å². The van der Waals surface area contributed by atoms with E-state index in [9.17, 15) is 8.78 Å². The van der Waals surface area contributed by atoms with E-state index in [1.54, 1.807) is 0 Å². The fourth-order valence-corrected chi connectivity index (χ4v) is 1.58. The molecule has 94 valence electrons. The third-order valence-electron chi connectivity index (χ3n) is 2.28. The lowest BCUT2D eigenvalue weighted by atomic mass is 10.1. The standard InChI is InChI=1S/C12H11F2N3O/c1-18-6-11-16-9(5-10(15)17-11)12-7(13)3-2-4-8(12)14/h2-5H,6H2,1H3,(H2,15,16,17). The molecule has 4 nitrogen and oxygen atoms in total. The number of benzene rings is 1. The molecule has 0 amide bonds. The van der Waals surface area contributed by atoms with Crippen molar-refractivity contribution in [3.63, 3.8) is 0 Å². The smallest absolute Gasteiger partial charge is 0.157 e. The number of anilines is 1. The van der Waals surface area contributed by atoms with Crippen molar-refractivity contribution >= 4 is 5.82 Å². The first-order chi connectivity index (χ1) is 8.61. The number of nitrogen functional groups attached to an aromatic ring is 1. The van der Waals surface area contributed by atoms with Crippen molar-refractivity contribution in [2.75, 3.05) is 12.8 Å². The quantitative estimate of drug-likeness (QED) is 0.908. The molecule has 1 aromatic carbocycles. The van der Waals surface area contributed by atoms with Crippen LogP contribution in [0.3, 0.4) is 0 Å². The average Bonchev–Trinajstić information content (AvgIpc) is 2.28. The predicted molar refractivity (Wildman–Crippen MR) is 62.5 cm³/mol. The van der Waals surface area contributed by atoms with E-state index in [-0.39, 0.29) is 29.5 Å². The third kappa shape index (κ3) is 2.43. The van der Waals surface area contributed by atoms with Gasteiger partial charge < -0.3 is 10.5 Å². The van der Waals surface area contributed by atoms with Crippen LogP contribution in [0.5, 0.6) is 0 Å². The van der Waals surface area contributed by atoms with Gasteiger partial charge in [-0.25, -0.2) is 18.7 Å². The van der Waals surface area contributed by atoms with Crippen LogP contribution in [0.1, 0.15) is 5.82 Å². The van der Waals surface area contributed by atoms with E-state index in [2.05, 4.69) is 9.97 Å². The summed E-state index contributed by atoms with van der Waals surface area (Å²) in [4.78, 5) is 7.92. The molecule has 0 radical (unpaired) electrons. The molecule has 0 aliphatic carbocycles. The van der Waals surface area contributed by atoms with Crippen LogP contribution in [0, 0.1) is 11.6 Å². The molecule has 0 aliphatic heterocycles. The highest BCUT2D eigenvalue weighted by molar-refractivity contribution is 5.63. The van der Waals surface area contributed by atoms with Crippen molar-refractivity contribution in [2.45, 2.75) is 6.61 Å². The van der Waals surface area contributed by atoms with Crippen molar-refractivity contribution in [3.05, 3.63) is 41.7 Å². The predicted octanol–water partition coefficient (Wildman–Crippen LogP) is 2.15. The Bertz CT molecular complexity index is 555. The monoisotopic (exact) mass is 251 g/mol. The van der Waals surface area contributed by atoms with Gasteiger partial charge >= 0.3 is 0 Å². The van der Waals surface area contributed by atoms with Gasteiger partial charge in [-0.15, -0.1) is 0 Å². The zero-order valence-corrected chi connectivity index (χ0v) is 9.65. The molecule has 2 aromatic rings. The Hall–Kier alpha value is -2.08. The molecule has 18 heavy (non-hydrogen) atoms. The van der Waals surface area contributed by atoms with Crippen LogP contribution >= 0.6 is 0 Å². The summed E-state index contributed by atoms with van der Waals surface area (Å²) in [6.45, 7) is 0.119. The van der Waals surface area contributed by atoms with Gasteiger partial charge in [-0.1, -0.05) is 6.07 Å². The molecule has 0 bridgehead atoms. The summed E-state index contributed by atoms with van der Waals surface area (Å²) >= 11 is 0. The van der Waals surface area contributed by atoms with Gasteiger partial charge in [0, 0.05) is 13.2 Å². The van der Waals surface area contributed by atoms with Gasteiger partial charge in [-0.3, -0.25) is 0 Å². The topological polar surface area (TPSA) is 61.0 Å². The molecule has 0 aliphatic rings. The van der Waals surface area contributed by atoms with E-state index >= 15 is 0 Å². The summed E-state index contributed by atoms with van der Waals surface area (Å²) in [7, 11) is 1.47. The number of aromatic nitrogens is 2. The van der Waals surface area contributed by atoms with Gasteiger partial charge in [0.25, 0.3) is 0 Å². The lowest BCUT2D eigenvalue weighted by Crippen LogP contribution is -2.03. The number of rotatable bonds is 3. The van der Waals surface area contributed by atoms with Gasteiger partial charge in [0.1, 0.15) is 24.1 Å². The highest BCUT2D eigenvalue weighted by atomic mass is 19.1. The molecular weight excluding hydrogens is 240 g/mol. The van der Waals surface area contributed by atoms with E-state index in [4.69, 9.17) is 10.5 Å². The van der Waals surface area contributed by atoms with Crippen molar-refractivity contribution in [1.29, 1.82) is 0 Å². The molecule has 0 unspecified atom stereocenters. The number of ether oxygens (including phenoxy) is 1. The minimum Gasteiger partial charge on any atom is -0.384 e. The van der Waals surface area contributed by atoms with Crippen LogP contribution in [-0.4, -0.2) is 17.1 Å². The van der Waals surface area contributed by atoms with Crippen LogP contribution in [0.2, 0.25) is 0 Å². The highest BCUT2D eigenvalue weighted by Crippen LogP contribution is 2.25. The Balaban J connectivity index is 2.56. The number of nitrogens with zero attached hydrogens (tertiary/aromatic N) is 2. The maximum absolute atomic E-state index is 13.6. The van der Waals surface area contributed by atoms with Crippen molar-refractivity contribution in [1.82, 2.24) is 9.97 Å². The molecule has 1 heterocycles. The maximum atomic E-state index is 13.6. The summed E-state index contributed by atoms with van der Waals surface area (Å²) in [6, 6.07) is 4.93. The second kappa shape index (κ2) is 5.05. The van der Waals surface area contributed by atoms with E-state index in [1.807, 2.05) is 0 Å². The molecule has 2 rings (SSSR count). The Morgan fingerprint density at radius 3 is 2.50 bits per heavy atom. The molecular formula is C12H11F2N3O. The zero-order chi connectivity index (χ0) is 13.1. The van der Waals surface area contributed by atoms with Crippen LogP contribution < -0.4 is 5.73 Å². The molecule has 1 aromatic heterocycles. The van der Waals surface area contributed by atoms with Crippen LogP contribution in [0.4, 0.5) is 14.6 Å². The number of nitrogens with two attached hydrogens (primary N) is 1. The minimum atomic E-state index is -0.698. The second-order valence-corrected chi connectivity index (χ2v) is 3.62. The third-order valence-corrected chi connectivity index (χ3v) is 2.28. The molecule has 0 spiro atoms. The highest BCUT2D eigenvalue weighted by Gasteiger charge is 2.14. The summed E-state index contributed by atoms with van der Waals surface area (Å²) in [5.41, 5.74) is 5.46. The van der Waals surface area contributed by atoms with E-state index in [1.165, 1.54) is 19.2 Å². The SMILES string of the molecule is COCc1nc(N)cc(-c2c(F)cccc2F)n1. The Kier molecular flexibility index (Phi) is 3.47. The maximum Gasteiger partial charge on any atom is 0.157 e. The number of halogens is 2. The first-order valence-electron chi connectivity index (χ1n) is 5.18. The average molecular weight is 251 g/mol. The lowest BCUT2D eigenvalue weighted by molar-refractivity contribution is 0.178. The van der Waals surface area contributed by atoms with Gasteiger partial charge in [0.05, 0.1) is 11.3 Å². The largest absolute Gasteiger partial charge is 0.384 e. The number of hydrogen-bond donors (Lipinski definition) is 1. The van der Waals surface area contributed by atoms with E-state index in [0.29, 0.717) is 0 Å². The first kappa shape index (κ1) is 12.4. The van der Waals surface area contributed by atoms with Crippen LogP contribution in [0.15, 0.2) is 24.3 Å². The molecule has 0 saturated heterocycles. The zero-order valence-electron chi connectivity index (χ0n) is 9.65. The fourth-order valence-electron chi connectivity index (χ4n) is 1.58. The number of methoxy groups -OCH3 is 1. The Morgan fingerprint density at radius 2 is 1.89 bits per heavy atom. The van der Waals surface area contributed by atoms with Gasteiger partial charge in [-0.2, -0.15) is 0 Å². The van der Waals surface area contributed by atoms with Crippen LogP contribution in [-0.2, 0) is 11.3 Å². The molecule has 2 N–H and O–H groups in total. The van der Waals surface area contributed by atoms with Gasteiger partial charge in [0.2, 0.25) is 0 Å². The lowest BCUT2D eigenvalue weighted by Gasteiger charge is -2.07. The first-order valence-corrected chi connectivity index (χ1v) is 5.18. The van der Waals surface area contributed by atoms with Crippen molar-refractivity contribution in [3.8, 4) is 11.3 Å². The summed E-state index contributed by atoms with van der Waals surface area (Å²) in [5.74, 6) is -0.988. The van der Waals surface area contributed by atoms with Gasteiger partial charge in [-0.05, 0) is 12.1 Å². The van der Waals surface area contributed by atoms with E-state index < -0.39 is 11.6 Å². The van der Waals surface area contributed by atoms with E-state index in [0.717, 1.165) is 12.1 Å². The molecule has 6 heteroatoms. The second-order valence-electron chi connectivity index (χ2n) is 3.62. The van der Waals surface area contributed by atoms with Gasteiger partial charge in [0.15, 0.2) is 5.82 Å². The molecule has 0 saturated carbocycles. The summed E-state index contributed by atoms with van der Waals surface area (Å²) in [5, 5.41) is 0. The minimum absolute atomic E-state index is 0.102. The van der Waals surface area contributed by atoms with Crippen molar-refractivity contribution < 1.29 is 13.5 Å². The van der Waals surface area contributed by atoms with Crippen LogP contribution in [0.25, 0.3) is 11.3 Å². The fraction of sp³-hybridized carbons (Fsp3) is 0.167. The number of hydrogen-bond acceptors (Lipinski definition) is 4. The normalized spacial score (nSPS) is 10.6. The Morgan fingerprint density at radius 1 is 1.22 bits per heavy atom. The molecule has 0 fully saturated rings. The van der Waals surface area contributed by atoms with Crippen molar-refractivity contribution in [2.24, 2.45) is 0 Å². The molecule has 0 atom stereocenters.